The van der Waals surface area contributed by atoms with Gasteiger partial charge in [-0.1, -0.05) is 6.07 Å². The van der Waals surface area contributed by atoms with Crippen LogP contribution in [0.1, 0.15) is 0 Å². The quantitative estimate of drug-likeness (QED) is 0.735. The molecule has 0 aliphatic carbocycles. The fourth-order valence-electron chi connectivity index (χ4n) is 1.24. The average molecular weight is 299 g/mol. The molecule has 1 aromatic carbocycles. The maximum atomic E-state index is 13.0. The van der Waals surface area contributed by atoms with Crippen molar-refractivity contribution >= 4 is 22.6 Å². The molecular weight excluding hydrogens is 292 g/mol. The van der Waals surface area contributed by atoms with Crippen molar-refractivity contribution in [3.63, 3.8) is 0 Å². The van der Waals surface area contributed by atoms with Gasteiger partial charge in [0, 0.05) is 21.5 Å². The Morgan fingerprint density at radius 1 is 1.21 bits per heavy atom. The molecule has 14 heavy (non-hydrogen) atoms. The van der Waals surface area contributed by atoms with Gasteiger partial charge in [-0.3, -0.25) is 4.98 Å². The third-order valence-electron chi connectivity index (χ3n) is 1.90. The monoisotopic (exact) mass is 299 g/mol. The van der Waals surface area contributed by atoms with Crippen LogP contribution in [0.3, 0.4) is 0 Å². The Kier molecular flexibility index (Phi) is 2.77. The van der Waals surface area contributed by atoms with E-state index in [0.29, 0.717) is 0 Å². The summed E-state index contributed by atoms with van der Waals surface area (Å²) in [6.07, 6.45) is 3.44. The van der Waals surface area contributed by atoms with Gasteiger partial charge in [-0.05, 0) is 52.4 Å². The summed E-state index contributed by atoms with van der Waals surface area (Å²) in [5.74, 6) is -0.218. The molecule has 3 heteroatoms. The van der Waals surface area contributed by atoms with E-state index < -0.39 is 0 Å². The van der Waals surface area contributed by atoms with E-state index in [9.17, 15) is 4.39 Å². The molecule has 0 atom stereocenters. The molecule has 2 rings (SSSR count). The zero-order valence-corrected chi connectivity index (χ0v) is 9.40. The molecule has 70 valence electrons. The SMILES string of the molecule is Fc1ccc(I)c(-c2cccnc2)c1. The van der Waals surface area contributed by atoms with E-state index in [4.69, 9.17) is 0 Å². The van der Waals surface area contributed by atoms with Crippen molar-refractivity contribution in [2.45, 2.75) is 0 Å². The number of rotatable bonds is 1. The number of halogens is 2. The van der Waals surface area contributed by atoms with Crippen LogP contribution in [0.15, 0.2) is 42.7 Å². The number of benzene rings is 1. The highest BCUT2D eigenvalue weighted by Crippen LogP contribution is 2.24. The Labute approximate surface area is 95.1 Å². The van der Waals surface area contributed by atoms with Crippen molar-refractivity contribution in [3.05, 3.63) is 52.1 Å². The molecule has 0 amide bonds. The summed E-state index contributed by atoms with van der Waals surface area (Å²) in [5, 5.41) is 0. The number of aromatic nitrogens is 1. The summed E-state index contributed by atoms with van der Waals surface area (Å²) < 4.78 is 14.0. The molecule has 0 spiro atoms. The van der Waals surface area contributed by atoms with Crippen LogP contribution in [-0.2, 0) is 0 Å². The Morgan fingerprint density at radius 3 is 2.79 bits per heavy atom. The first-order chi connectivity index (χ1) is 6.77. The topological polar surface area (TPSA) is 12.9 Å². The molecule has 0 unspecified atom stereocenters. The highest BCUT2D eigenvalue weighted by Gasteiger charge is 2.03. The Bertz CT molecular complexity index is 442. The first-order valence-electron chi connectivity index (χ1n) is 4.13. The van der Waals surface area contributed by atoms with Gasteiger partial charge in [0.25, 0.3) is 0 Å². The number of hydrogen-bond donors (Lipinski definition) is 0. The van der Waals surface area contributed by atoms with Gasteiger partial charge in [0.2, 0.25) is 0 Å². The fraction of sp³-hybridized carbons (Fsp3) is 0. The van der Waals surface area contributed by atoms with E-state index in [1.54, 1.807) is 18.5 Å². The van der Waals surface area contributed by atoms with Gasteiger partial charge < -0.3 is 0 Å². The lowest BCUT2D eigenvalue weighted by Gasteiger charge is -2.03. The highest BCUT2D eigenvalue weighted by atomic mass is 127. The second-order valence-electron chi connectivity index (χ2n) is 2.87. The smallest absolute Gasteiger partial charge is 0.123 e. The number of hydrogen-bond acceptors (Lipinski definition) is 1. The van der Waals surface area contributed by atoms with Crippen LogP contribution in [0.5, 0.6) is 0 Å². The van der Waals surface area contributed by atoms with Crippen LogP contribution in [-0.4, -0.2) is 4.98 Å². The van der Waals surface area contributed by atoms with E-state index >= 15 is 0 Å². The second kappa shape index (κ2) is 4.04. The summed E-state index contributed by atoms with van der Waals surface area (Å²) in [6.45, 7) is 0. The minimum absolute atomic E-state index is 0.218. The number of pyridine rings is 1. The van der Waals surface area contributed by atoms with Crippen LogP contribution in [0.2, 0.25) is 0 Å². The molecule has 1 heterocycles. The first kappa shape index (κ1) is 9.58. The summed E-state index contributed by atoms with van der Waals surface area (Å²) >= 11 is 2.19. The van der Waals surface area contributed by atoms with Crippen molar-refractivity contribution < 1.29 is 4.39 Å². The highest BCUT2D eigenvalue weighted by molar-refractivity contribution is 14.1. The third-order valence-corrected chi connectivity index (χ3v) is 2.84. The summed E-state index contributed by atoms with van der Waals surface area (Å²) in [4.78, 5) is 4.01. The second-order valence-corrected chi connectivity index (χ2v) is 4.03. The maximum absolute atomic E-state index is 13.0. The zero-order valence-electron chi connectivity index (χ0n) is 7.24. The minimum Gasteiger partial charge on any atom is -0.264 e. The Morgan fingerprint density at radius 2 is 2.07 bits per heavy atom. The van der Waals surface area contributed by atoms with E-state index in [1.807, 2.05) is 12.1 Å². The van der Waals surface area contributed by atoms with Crippen LogP contribution < -0.4 is 0 Å². The minimum atomic E-state index is -0.218. The normalized spacial score (nSPS) is 10.1. The van der Waals surface area contributed by atoms with Gasteiger partial charge in [0.15, 0.2) is 0 Å². The molecule has 0 fully saturated rings. The summed E-state index contributed by atoms with van der Waals surface area (Å²) in [5.41, 5.74) is 1.83. The lowest BCUT2D eigenvalue weighted by Crippen LogP contribution is -1.85. The predicted octanol–water partition coefficient (Wildman–Crippen LogP) is 3.49. The van der Waals surface area contributed by atoms with Gasteiger partial charge >= 0.3 is 0 Å². The van der Waals surface area contributed by atoms with Crippen molar-refractivity contribution in [3.8, 4) is 11.1 Å². The maximum Gasteiger partial charge on any atom is 0.123 e. The van der Waals surface area contributed by atoms with E-state index in [2.05, 4.69) is 27.6 Å². The number of nitrogens with zero attached hydrogens (tertiary/aromatic N) is 1. The lowest BCUT2D eigenvalue weighted by atomic mass is 10.1. The van der Waals surface area contributed by atoms with Gasteiger partial charge in [-0.25, -0.2) is 4.39 Å². The molecule has 0 saturated carbocycles. The molecule has 0 aliphatic heterocycles. The molecule has 0 saturated heterocycles. The van der Waals surface area contributed by atoms with Crippen LogP contribution in [0, 0.1) is 9.39 Å². The van der Waals surface area contributed by atoms with Crippen molar-refractivity contribution in [2.75, 3.05) is 0 Å². The molecule has 1 nitrogen and oxygen atoms in total. The molecule has 0 aliphatic rings. The van der Waals surface area contributed by atoms with Crippen molar-refractivity contribution in [1.82, 2.24) is 4.98 Å². The summed E-state index contributed by atoms with van der Waals surface area (Å²) in [7, 11) is 0. The Hall–Kier alpha value is -0.970. The van der Waals surface area contributed by atoms with E-state index in [0.717, 1.165) is 14.7 Å². The third kappa shape index (κ3) is 1.92. The van der Waals surface area contributed by atoms with E-state index in [-0.39, 0.29) is 5.82 Å². The molecule has 0 N–H and O–H groups in total. The van der Waals surface area contributed by atoms with Gasteiger partial charge in [-0.2, -0.15) is 0 Å². The van der Waals surface area contributed by atoms with Crippen LogP contribution in [0.25, 0.3) is 11.1 Å². The molecule has 2 aromatic rings. The van der Waals surface area contributed by atoms with Crippen molar-refractivity contribution in [2.24, 2.45) is 0 Å². The predicted molar refractivity (Wildman–Crippen MR) is 62.3 cm³/mol. The van der Waals surface area contributed by atoms with Crippen LogP contribution in [0.4, 0.5) is 4.39 Å². The largest absolute Gasteiger partial charge is 0.264 e. The standard InChI is InChI=1S/C11H7FIN/c12-9-3-4-11(13)10(6-9)8-2-1-5-14-7-8/h1-7H. The molecule has 0 bridgehead atoms. The fourth-order valence-corrected chi connectivity index (χ4v) is 1.89. The molecule has 0 radical (unpaired) electrons. The van der Waals surface area contributed by atoms with Crippen molar-refractivity contribution in [1.29, 1.82) is 0 Å². The Balaban J connectivity index is 2.57. The first-order valence-corrected chi connectivity index (χ1v) is 5.21. The lowest BCUT2D eigenvalue weighted by molar-refractivity contribution is 0.628. The van der Waals surface area contributed by atoms with E-state index in [1.165, 1.54) is 12.1 Å². The van der Waals surface area contributed by atoms with Gasteiger partial charge in [0.05, 0.1) is 0 Å². The molecule has 1 aromatic heterocycles. The molecular formula is C11H7FIN. The van der Waals surface area contributed by atoms with Crippen LogP contribution >= 0.6 is 22.6 Å². The average Bonchev–Trinajstić information content (AvgIpc) is 2.23. The summed E-state index contributed by atoms with van der Waals surface area (Å²) in [6, 6.07) is 8.51. The van der Waals surface area contributed by atoms with Gasteiger partial charge in [-0.15, -0.1) is 0 Å². The zero-order chi connectivity index (χ0) is 9.97. The van der Waals surface area contributed by atoms with Gasteiger partial charge in [0.1, 0.15) is 5.82 Å².